The van der Waals surface area contributed by atoms with E-state index in [1.807, 2.05) is 18.2 Å². The summed E-state index contributed by atoms with van der Waals surface area (Å²) in [4.78, 5) is 4.18. The zero-order valence-electron chi connectivity index (χ0n) is 11.0. The Kier molecular flexibility index (Phi) is 3.70. The second-order valence-corrected chi connectivity index (χ2v) is 5.26. The topological polar surface area (TPSA) is 22.1 Å². The van der Waals surface area contributed by atoms with E-state index in [9.17, 15) is 4.39 Å². The highest BCUT2D eigenvalue weighted by Gasteiger charge is 2.12. The number of aromatic nitrogens is 1. The molecule has 0 saturated heterocycles. The van der Waals surface area contributed by atoms with Crippen molar-refractivity contribution in [3.63, 3.8) is 0 Å². The minimum absolute atomic E-state index is 0.330. The van der Waals surface area contributed by atoms with Crippen LogP contribution in [0.2, 0.25) is 10.2 Å². The lowest BCUT2D eigenvalue weighted by Crippen LogP contribution is -1.89. The summed E-state index contributed by atoms with van der Waals surface area (Å²) in [6.45, 7) is 0. The van der Waals surface area contributed by atoms with Gasteiger partial charge < -0.3 is 4.74 Å². The molecule has 1 aromatic heterocycles. The van der Waals surface area contributed by atoms with E-state index in [-0.39, 0.29) is 5.82 Å². The molecule has 0 fully saturated rings. The second-order valence-electron chi connectivity index (χ2n) is 4.50. The Balaban J connectivity index is 2.30. The highest BCUT2D eigenvalue weighted by atomic mass is 35.5. The number of hydrogen-bond acceptors (Lipinski definition) is 2. The Hall–Kier alpha value is -1.84. The molecule has 0 unspecified atom stereocenters. The van der Waals surface area contributed by atoms with E-state index in [0.29, 0.717) is 21.5 Å². The molecule has 5 heteroatoms. The molecular weight excluding hydrogens is 312 g/mol. The molecule has 0 spiro atoms. The Morgan fingerprint density at radius 2 is 1.81 bits per heavy atom. The van der Waals surface area contributed by atoms with Crippen LogP contribution in [0.3, 0.4) is 0 Å². The number of hydrogen-bond donors (Lipinski definition) is 0. The van der Waals surface area contributed by atoms with Crippen molar-refractivity contribution in [2.24, 2.45) is 0 Å². The van der Waals surface area contributed by atoms with Gasteiger partial charge in [-0.15, -0.1) is 0 Å². The summed E-state index contributed by atoms with van der Waals surface area (Å²) in [7, 11) is 1.59. The lowest BCUT2D eigenvalue weighted by Gasteiger charge is -2.10. The number of rotatable bonds is 2. The smallest absolute Gasteiger partial charge is 0.137 e. The molecule has 2 nitrogen and oxygen atoms in total. The number of fused-ring (bicyclic) bond motifs is 1. The van der Waals surface area contributed by atoms with Gasteiger partial charge in [-0.2, -0.15) is 0 Å². The Bertz CT molecular complexity index is 836. The molecule has 1 heterocycles. The predicted octanol–water partition coefficient (Wildman–Crippen LogP) is 5.36. The molecule has 0 aliphatic heterocycles. The van der Waals surface area contributed by atoms with E-state index in [2.05, 4.69) is 4.98 Å². The summed E-state index contributed by atoms with van der Waals surface area (Å²) in [5.74, 6) is 0.310. The summed E-state index contributed by atoms with van der Waals surface area (Å²) in [6, 6.07) is 9.81. The van der Waals surface area contributed by atoms with Gasteiger partial charge in [0.05, 0.1) is 12.1 Å². The number of nitrogens with zero attached hydrogens (tertiary/aromatic N) is 1. The first-order valence-corrected chi connectivity index (χ1v) is 6.93. The molecule has 21 heavy (non-hydrogen) atoms. The first kappa shape index (κ1) is 14.1. The van der Waals surface area contributed by atoms with Gasteiger partial charge in [0.25, 0.3) is 0 Å². The van der Waals surface area contributed by atoms with Crippen molar-refractivity contribution >= 4 is 34.0 Å². The van der Waals surface area contributed by atoms with Crippen LogP contribution in [0.15, 0.2) is 42.6 Å². The normalized spacial score (nSPS) is 10.9. The number of benzene rings is 2. The number of halogens is 3. The maximum atomic E-state index is 13.2. The zero-order chi connectivity index (χ0) is 15.0. The maximum Gasteiger partial charge on any atom is 0.137 e. The molecule has 3 rings (SSSR count). The molecule has 106 valence electrons. The Labute approximate surface area is 131 Å². The van der Waals surface area contributed by atoms with Gasteiger partial charge in [-0.3, -0.25) is 0 Å². The molecule has 0 atom stereocenters. The van der Waals surface area contributed by atoms with Crippen LogP contribution in [0.5, 0.6) is 5.75 Å². The lowest BCUT2D eigenvalue weighted by atomic mass is 10.0. The fourth-order valence-electron chi connectivity index (χ4n) is 2.24. The SMILES string of the molecule is COc1ccc2c(-c3ccc(F)cc3Cl)cnc(Cl)c2c1. The molecule has 0 aliphatic rings. The van der Waals surface area contributed by atoms with Gasteiger partial charge >= 0.3 is 0 Å². The number of methoxy groups -OCH3 is 1. The molecule has 3 aromatic rings. The molecule has 0 saturated carbocycles. The van der Waals surface area contributed by atoms with Crippen LogP contribution in [-0.4, -0.2) is 12.1 Å². The van der Waals surface area contributed by atoms with Crippen molar-refractivity contribution < 1.29 is 9.13 Å². The van der Waals surface area contributed by atoms with Crippen LogP contribution in [0.1, 0.15) is 0 Å². The van der Waals surface area contributed by atoms with Crippen molar-refractivity contribution in [1.82, 2.24) is 4.98 Å². The van der Waals surface area contributed by atoms with Gasteiger partial charge in [-0.1, -0.05) is 23.2 Å². The van der Waals surface area contributed by atoms with Crippen molar-refractivity contribution in [3.05, 3.63) is 58.6 Å². The second kappa shape index (κ2) is 5.51. The average molecular weight is 322 g/mol. The third-order valence-electron chi connectivity index (χ3n) is 3.27. The van der Waals surface area contributed by atoms with Crippen molar-refractivity contribution in [3.8, 4) is 16.9 Å². The lowest BCUT2D eigenvalue weighted by molar-refractivity contribution is 0.415. The van der Waals surface area contributed by atoms with Gasteiger partial charge in [0.1, 0.15) is 16.7 Å². The van der Waals surface area contributed by atoms with E-state index in [1.165, 1.54) is 12.1 Å². The summed E-state index contributed by atoms with van der Waals surface area (Å²) in [5.41, 5.74) is 1.50. The molecule has 0 N–H and O–H groups in total. The molecule has 0 bridgehead atoms. The van der Waals surface area contributed by atoms with E-state index < -0.39 is 0 Å². The van der Waals surface area contributed by atoms with Gasteiger partial charge in [0.15, 0.2) is 0 Å². The summed E-state index contributed by atoms with van der Waals surface area (Å²) in [6.07, 6.45) is 1.64. The highest BCUT2D eigenvalue weighted by molar-refractivity contribution is 6.36. The molecular formula is C16H10Cl2FNO. The maximum absolute atomic E-state index is 13.2. The van der Waals surface area contributed by atoms with Crippen LogP contribution >= 0.6 is 23.2 Å². The monoisotopic (exact) mass is 321 g/mol. The first-order chi connectivity index (χ1) is 10.1. The van der Waals surface area contributed by atoms with E-state index in [0.717, 1.165) is 16.3 Å². The van der Waals surface area contributed by atoms with Crippen molar-refractivity contribution in [2.45, 2.75) is 0 Å². The van der Waals surface area contributed by atoms with E-state index in [4.69, 9.17) is 27.9 Å². The van der Waals surface area contributed by atoms with Crippen LogP contribution in [-0.2, 0) is 0 Å². The number of pyridine rings is 1. The first-order valence-electron chi connectivity index (χ1n) is 6.18. The minimum atomic E-state index is -0.378. The van der Waals surface area contributed by atoms with Crippen LogP contribution in [0.4, 0.5) is 4.39 Å². The molecule has 2 aromatic carbocycles. The van der Waals surface area contributed by atoms with Crippen LogP contribution in [0.25, 0.3) is 21.9 Å². The van der Waals surface area contributed by atoms with Gasteiger partial charge in [-0.05, 0) is 41.8 Å². The summed E-state index contributed by atoms with van der Waals surface area (Å²) in [5, 5.41) is 2.35. The fraction of sp³-hybridized carbons (Fsp3) is 0.0625. The van der Waals surface area contributed by atoms with Crippen molar-refractivity contribution in [2.75, 3.05) is 7.11 Å². The van der Waals surface area contributed by atoms with Crippen molar-refractivity contribution in [1.29, 1.82) is 0 Å². The summed E-state index contributed by atoms with van der Waals surface area (Å²) < 4.78 is 18.4. The largest absolute Gasteiger partial charge is 0.497 e. The van der Waals surface area contributed by atoms with E-state index in [1.54, 1.807) is 19.4 Å². The van der Waals surface area contributed by atoms with Gasteiger partial charge in [0.2, 0.25) is 0 Å². The molecule has 0 amide bonds. The average Bonchev–Trinajstić information content (AvgIpc) is 2.48. The highest BCUT2D eigenvalue weighted by Crippen LogP contribution is 2.36. The molecule has 0 aliphatic carbocycles. The van der Waals surface area contributed by atoms with E-state index >= 15 is 0 Å². The fourth-order valence-corrected chi connectivity index (χ4v) is 2.71. The quantitative estimate of drug-likeness (QED) is 0.593. The van der Waals surface area contributed by atoms with Crippen LogP contribution < -0.4 is 4.74 Å². The predicted molar refractivity (Wildman–Crippen MR) is 83.7 cm³/mol. The zero-order valence-corrected chi connectivity index (χ0v) is 12.5. The third kappa shape index (κ3) is 2.55. The summed E-state index contributed by atoms with van der Waals surface area (Å²) >= 11 is 12.3. The molecule has 0 radical (unpaired) electrons. The van der Waals surface area contributed by atoms with Crippen LogP contribution in [0, 0.1) is 5.82 Å². The standard InChI is InChI=1S/C16H10Cl2FNO/c1-21-10-3-5-11-13(7-10)16(18)20-8-14(11)12-4-2-9(19)6-15(12)17/h2-8H,1H3. The van der Waals surface area contributed by atoms with Gasteiger partial charge in [-0.25, -0.2) is 9.37 Å². The minimum Gasteiger partial charge on any atom is -0.497 e. The Morgan fingerprint density at radius 1 is 1.00 bits per heavy atom. The third-order valence-corrected chi connectivity index (χ3v) is 3.88. The number of ether oxygens (including phenoxy) is 1. The Morgan fingerprint density at radius 3 is 2.52 bits per heavy atom. The van der Waals surface area contributed by atoms with Gasteiger partial charge in [0, 0.05) is 22.7 Å².